The van der Waals surface area contributed by atoms with E-state index < -0.39 is 64.0 Å². The summed E-state index contributed by atoms with van der Waals surface area (Å²) in [5.41, 5.74) is 2.22. The number of benzene rings is 2. The van der Waals surface area contributed by atoms with E-state index in [0.29, 0.717) is 12.1 Å². The third kappa shape index (κ3) is 2.77. The third-order valence-corrected chi connectivity index (χ3v) is 3.04. The molecule has 0 radical (unpaired) electrons. The van der Waals surface area contributed by atoms with E-state index in [4.69, 9.17) is 10.8 Å². The fraction of sp³-hybridized carbons (Fsp3) is 0.0714. The van der Waals surface area contributed by atoms with Crippen LogP contribution in [-0.2, 0) is 11.2 Å². The smallest absolute Gasteiger partial charge is 0.221 e. The van der Waals surface area contributed by atoms with E-state index in [1.165, 1.54) is 0 Å². The Morgan fingerprint density at radius 3 is 1.96 bits per heavy atom. The van der Waals surface area contributed by atoms with Gasteiger partial charge in [-0.3, -0.25) is 4.79 Å². The van der Waals surface area contributed by atoms with Gasteiger partial charge in [-0.15, -0.1) is 0 Å². The summed E-state index contributed by atoms with van der Waals surface area (Å²) in [4.78, 5) is 10.9. The van der Waals surface area contributed by atoms with Crippen LogP contribution in [0.1, 0.15) is 5.56 Å². The van der Waals surface area contributed by atoms with Gasteiger partial charge in [0.2, 0.25) is 17.5 Å². The number of nitrogens with two attached hydrogens (primary N) is 1. The van der Waals surface area contributed by atoms with E-state index in [9.17, 15) is 31.9 Å². The highest BCUT2D eigenvalue weighted by atomic mass is 19.2. The molecule has 0 spiro atoms. The van der Waals surface area contributed by atoms with Gasteiger partial charge in [0.25, 0.3) is 0 Å². The maximum atomic E-state index is 13.9. The van der Waals surface area contributed by atoms with E-state index >= 15 is 0 Å². The Labute approximate surface area is 125 Å². The van der Waals surface area contributed by atoms with Crippen molar-refractivity contribution in [3.8, 4) is 22.6 Å². The molecule has 0 unspecified atom stereocenters. The van der Waals surface area contributed by atoms with Crippen molar-refractivity contribution in [1.29, 1.82) is 0 Å². The van der Waals surface area contributed by atoms with Crippen molar-refractivity contribution in [2.45, 2.75) is 6.42 Å². The lowest BCUT2D eigenvalue weighted by molar-refractivity contribution is -0.117. The molecule has 0 heterocycles. The van der Waals surface area contributed by atoms with Crippen LogP contribution in [0.2, 0.25) is 0 Å². The molecule has 2 aromatic rings. The Kier molecular flexibility index (Phi) is 4.13. The monoisotopic (exact) mass is 333 g/mol. The van der Waals surface area contributed by atoms with Crippen LogP contribution in [0.5, 0.6) is 11.5 Å². The number of rotatable bonds is 3. The molecule has 0 aliphatic rings. The second kappa shape index (κ2) is 5.75. The number of carbonyl (C=O) groups excluding carboxylic acids is 1. The van der Waals surface area contributed by atoms with Crippen molar-refractivity contribution in [3.05, 3.63) is 46.8 Å². The maximum Gasteiger partial charge on any atom is 0.221 e. The van der Waals surface area contributed by atoms with E-state index in [0.717, 1.165) is 0 Å². The molecule has 1 amide bonds. The molecule has 0 aromatic heterocycles. The van der Waals surface area contributed by atoms with Crippen LogP contribution < -0.4 is 5.73 Å². The minimum atomic E-state index is -2.11. The molecule has 0 saturated carbocycles. The molecule has 2 rings (SSSR count). The van der Waals surface area contributed by atoms with Gasteiger partial charge in [-0.2, -0.15) is 8.78 Å². The normalized spacial score (nSPS) is 10.8. The van der Waals surface area contributed by atoms with E-state index in [1.807, 2.05) is 0 Å². The number of phenols is 2. The largest absolute Gasteiger partial charge is 0.508 e. The van der Waals surface area contributed by atoms with Gasteiger partial charge in [0.1, 0.15) is 11.6 Å². The second-order valence-electron chi connectivity index (χ2n) is 4.58. The number of hydrogen-bond acceptors (Lipinski definition) is 3. The van der Waals surface area contributed by atoms with Gasteiger partial charge < -0.3 is 15.9 Å². The summed E-state index contributed by atoms with van der Waals surface area (Å²) in [6.45, 7) is 0. The zero-order chi connectivity index (χ0) is 17.5. The van der Waals surface area contributed by atoms with E-state index in [2.05, 4.69) is 0 Å². The number of primary amides is 1. The topological polar surface area (TPSA) is 83.6 Å². The summed E-state index contributed by atoms with van der Waals surface area (Å²) in [6, 6.07) is 1.04. The molecule has 0 atom stereocenters. The Morgan fingerprint density at radius 1 is 0.957 bits per heavy atom. The van der Waals surface area contributed by atoms with Crippen LogP contribution in [0.4, 0.5) is 22.0 Å². The lowest BCUT2D eigenvalue weighted by atomic mass is 9.98. The average Bonchev–Trinajstić information content (AvgIpc) is 2.47. The Morgan fingerprint density at radius 2 is 1.48 bits per heavy atom. The lowest BCUT2D eigenvalue weighted by Gasteiger charge is -2.12. The first-order chi connectivity index (χ1) is 10.6. The van der Waals surface area contributed by atoms with Gasteiger partial charge in [-0.1, -0.05) is 0 Å². The summed E-state index contributed by atoms with van der Waals surface area (Å²) < 4.78 is 68.2. The molecule has 0 saturated heterocycles. The zero-order valence-corrected chi connectivity index (χ0v) is 11.1. The number of carbonyl (C=O) groups is 1. The number of phenolic OH excluding ortho intramolecular Hbond substituents is 2. The van der Waals surface area contributed by atoms with Crippen LogP contribution in [-0.4, -0.2) is 16.1 Å². The van der Waals surface area contributed by atoms with Crippen molar-refractivity contribution >= 4 is 5.91 Å². The first-order valence-electron chi connectivity index (χ1n) is 6.00. The standard InChI is InChI=1S/C14H8F5NO3/c15-6-3-7(21)4(2-8(20)22)1-5(6)9-10(16)12(18)14(23)13(19)11(9)17/h1,3,21,23H,2H2,(H2,20,22). The molecule has 0 fully saturated rings. The SMILES string of the molecule is NC(=O)Cc1cc(-c2c(F)c(F)c(O)c(F)c2F)c(F)cc1O. The minimum Gasteiger partial charge on any atom is -0.508 e. The second-order valence-corrected chi connectivity index (χ2v) is 4.58. The predicted octanol–water partition coefficient (Wildman–Crippen LogP) is 2.49. The van der Waals surface area contributed by atoms with Crippen molar-refractivity contribution in [1.82, 2.24) is 0 Å². The molecule has 0 aliphatic carbocycles. The van der Waals surface area contributed by atoms with Crippen molar-refractivity contribution < 1.29 is 37.0 Å². The van der Waals surface area contributed by atoms with E-state index in [-0.39, 0.29) is 5.56 Å². The zero-order valence-electron chi connectivity index (χ0n) is 11.1. The van der Waals surface area contributed by atoms with Gasteiger partial charge in [-0.25, -0.2) is 13.2 Å². The third-order valence-electron chi connectivity index (χ3n) is 3.04. The van der Waals surface area contributed by atoms with Crippen molar-refractivity contribution in [3.63, 3.8) is 0 Å². The van der Waals surface area contributed by atoms with Crippen LogP contribution in [0.3, 0.4) is 0 Å². The minimum absolute atomic E-state index is 0.304. The average molecular weight is 333 g/mol. The number of halogens is 5. The molecule has 2 aromatic carbocycles. The fourth-order valence-corrected chi connectivity index (χ4v) is 1.99. The fourth-order valence-electron chi connectivity index (χ4n) is 1.99. The molecule has 0 bridgehead atoms. The molecule has 4 N–H and O–H groups in total. The number of amides is 1. The van der Waals surface area contributed by atoms with Crippen molar-refractivity contribution in [2.24, 2.45) is 5.73 Å². The summed E-state index contributed by atoms with van der Waals surface area (Å²) >= 11 is 0. The molecular formula is C14H8F5NO3. The maximum absolute atomic E-state index is 13.9. The molecule has 23 heavy (non-hydrogen) atoms. The van der Waals surface area contributed by atoms with Crippen LogP contribution in [0, 0.1) is 29.1 Å². The summed E-state index contributed by atoms with van der Waals surface area (Å²) in [7, 11) is 0. The number of hydrogen-bond donors (Lipinski definition) is 3. The molecule has 9 heteroatoms. The first kappa shape index (κ1) is 16.5. The van der Waals surface area contributed by atoms with Gasteiger partial charge in [-0.05, 0) is 6.07 Å². The van der Waals surface area contributed by atoms with Gasteiger partial charge in [0, 0.05) is 17.2 Å². The quantitative estimate of drug-likeness (QED) is 0.596. The summed E-state index contributed by atoms with van der Waals surface area (Å²) in [5.74, 6) is -13.2. The molecule has 0 aliphatic heterocycles. The van der Waals surface area contributed by atoms with Crippen LogP contribution >= 0.6 is 0 Å². The Bertz CT molecular complexity index is 794. The Hall–Kier alpha value is -2.84. The lowest BCUT2D eigenvalue weighted by Crippen LogP contribution is -2.14. The van der Waals surface area contributed by atoms with Crippen molar-refractivity contribution in [2.75, 3.05) is 0 Å². The Balaban J connectivity index is 2.80. The molecule has 122 valence electrons. The highest BCUT2D eigenvalue weighted by Gasteiger charge is 2.28. The van der Waals surface area contributed by atoms with Gasteiger partial charge in [0.05, 0.1) is 12.0 Å². The van der Waals surface area contributed by atoms with Gasteiger partial charge in [0.15, 0.2) is 17.4 Å². The molecule has 4 nitrogen and oxygen atoms in total. The summed E-state index contributed by atoms with van der Waals surface area (Å²) in [6.07, 6.45) is -0.606. The number of aromatic hydroxyl groups is 2. The van der Waals surface area contributed by atoms with Crippen LogP contribution in [0.15, 0.2) is 12.1 Å². The van der Waals surface area contributed by atoms with E-state index in [1.54, 1.807) is 0 Å². The highest BCUT2D eigenvalue weighted by molar-refractivity contribution is 5.79. The highest BCUT2D eigenvalue weighted by Crippen LogP contribution is 2.38. The predicted molar refractivity (Wildman–Crippen MR) is 67.9 cm³/mol. The summed E-state index contributed by atoms with van der Waals surface area (Å²) in [5, 5.41) is 18.4. The first-order valence-corrected chi connectivity index (χ1v) is 6.00. The van der Waals surface area contributed by atoms with Crippen LogP contribution in [0.25, 0.3) is 11.1 Å². The molecular weight excluding hydrogens is 325 g/mol. The van der Waals surface area contributed by atoms with Gasteiger partial charge >= 0.3 is 0 Å².